The quantitative estimate of drug-likeness (QED) is 0.467. The fourth-order valence-electron chi connectivity index (χ4n) is 2.90. The third-order valence-corrected chi connectivity index (χ3v) is 4.20. The van der Waals surface area contributed by atoms with E-state index in [-0.39, 0.29) is 13.2 Å². The molecule has 0 N–H and O–H groups in total. The van der Waals surface area contributed by atoms with E-state index in [1.54, 1.807) is 19.1 Å². The Kier molecular flexibility index (Phi) is 5.89. The number of aryl methyl sites for hydroxylation is 2. The average molecular weight is 379 g/mol. The lowest BCUT2D eigenvalue weighted by molar-refractivity contribution is -0.139. The molecule has 3 aromatic rings. The number of carbonyl (C=O) groups is 2. The standard InChI is InChI=1S/C22H21NO5/c1-4-26-22(25)21-15(3)17-7-5-6-8-18(17)23-19(21)13-27-20(24)12-11-16-10-9-14(2)28-16/h5-12H,4,13H2,1-3H3. The van der Waals surface area contributed by atoms with Crippen molar-refractivity contribution in [3.05, 3.63) is 70.8 Å². The first-order valence-electron chi connectivity index (χ1n) is 8.96. The minimum atomic E-state index is -0.559. The van der Waals surface area contributed by atoms with Gasteiger partial charge < -0.3 is 13.9 Å². The van der Waals surface area contributed by atoms with Crippen LogP contribution in [0.25, 0.3) is 17.0 Å². The summed E-state index contributed by atoms with van der Waals surface area (Å²) >= 11 is 0. The van der Waals surface area contributed by atoms with Crippen molar-refractivity contribution < 1.29 is 23.5 Å². The molecule has 28 heavy (non-hydrogen) atoms. The van der Waals surface area contributed by atoms with E-state index in [0.717, 1.165) is 22.2 Å². The molecule has 1 aromatic carbocycles. The van der Waals surface area contributed by atoms with E-state index in [1.165, 1.54) is 12.2 Å². The number of benzene rings is 1. The molecule has 0 spiro atoms. The highest BCUT2D eigenvalue weighted by molar-refractivity contribution is 5.98. The minimum absolute atomic E-state index is 0.139. The third kappa shape index (κ3) is 4.28. The van der Waals surface area contributed by atoms with Crippen LogP contribution in [0.5, 0.6) is 0 Å². The lowest BCUT2D eigenvalue weighted by atomic mass is 10.0. The molecule has 0 saturated carbocycles. The van der Waals surface area contributed by atoms with Crippen LogP contribution in [0.3, 0.4) is 0 Å². The molecule has 144 valence electrons. The van der Waals surface area contributed by atoms with Crippen LogP contribution in [0, 0.1) is 13.8 Å². The summed E-state index contributed by atoms with van der Waals surface area (Å²) in [5.41, 5.74) is 2.17. The molecule has 2 heterocycles. The van der Waals surface area contributed by atoms with E-state index in [9.17, 15) is 9.59 Å². The second-order valence-corrected chi connectivity index (χ2v) is 6.19. The fraction of sp³-hybridized carbons (Fsp3) is 0.227. The molecular weight excluding hydrogens is 358 g/mol. The summed E-state index contributed by atoms with van der Waals surface area (Å²) in [5, 5.41) is 0.855. The zero-order chi connectivity index (χ0) is 20.1. The number of fused-ring (bicyclic) bond motifs is 1. The molecule has 6 heteroatoms. The zero-order valence-electron chi connectivity index (χ0n) is 16.0. The molecule has 2 aromatic heterocycles. The first-order chi connectivity index (χ1) is 13.5. The van der Waals surface area contributed by atoms with Crippen molar-refractivity contribution in [1.82, 2.24) is 4.98 Å². The Morgan fingerprint density at radius 1 is 1.11 bits per heavy atom. The summed E-state index contributed by atoms with van der Waals surface area (Å²) in [6.07, 6.45) is 2.80. The van der Waals surface area contributed by atoms with Crippen LogP contribution in [-0.4, -0.2) is 23.5 Å². The molecule has 0 unspecified atom stereocenters. The van der Waals surface area contributed by atoms with Crippen LogP contribution in [0.2, 0.25) is 0 Å². The van der Waals surface area contributed by atoms with Gasteiger partial charge in [0.2, 0.25) is 0 Å². The molecule has 0 bridgehead atoms. The number of pyridine rings is 1. The van der Waals surface area contributed by atoms with E-state index in [1.807, 2.05) is 38.1 Å². The fourth-order valence-corrected chi connectivity index (χ4v) is 2.90. The highest BCUT2D eigenvalue weighted by atomic mass is 16.5. The smallest absolute Gasteiger partial charge is 0.340 e. The Bertz CT molecular complexity index is 1050. The van der Waals surface area contributed by atoms with Crippen molar-refractivity contribution in [1.29, 1.82) is 0 Å². The number of carbonyl (C=O) groups excluding carboxylic acids is 2. The van der Waals surface area contributed by atoms with E-state index in [2.05, 4.69) is 4.98 Å². The Labute approximate surface area is 162 Å². The predicted octanol–water partition coefficient (Wildman–Crippen LogP) is 4.38. The maximum atomic E-state index is 12.5. The van der Waals surface area contributed by atoms with Crippen molar-refractivity contribution >= 4 is 28.9 Å². The van der Waals surface area contributed by atoms with Crippen molar-refractivity contribution in [2.75, 3.05) is 6.61 Å². The van der Waals surface area contributed by atoms with Gasteiger partial charge in [-0.3, -0.25) is 0 Å². The van der Waals surface area contributed by atoms with Gasteiger partial charge >= 0.3 is 11.9 Å². The van der Waals surface area contributed by atoms with Gasteiger partial charge in [0, 0.05) is 11.5 Å². The molecule has 0 saturated heterocycles. The van der Waals surface area contributed by atoms with Gasteiger partial charge in [0.25, 0.3) is 0 Å². The Hall–Kier alpha value is -3.41. The van der Waals surface area contributed by atoms with Gasteiger partial charge in [-0.1, -0.05) is 18.2 Å². The van der Waals surface area contributed by atoms with Gasteiger partial charge in [0.15, 0.2) is 0 Å². The molecule has 0 aliphatic rings. The van der Waals surface area contributed by atoms with Gasteiger partial charge in [-0.05, 0) is 50.6 Å². The number of hydrogen-bond donors (Lipinski definition) is 0. The van der Waals surface area contributed by atoms with Crippen molar-refractivity contribution in [2.45, 2.75) is 27.4 Å². The second kappa shape index (κ2) is 8.52. The van der Waals surface area contributed by atoms with Gasteiger partial charge in [0.05, 0.1) is 23.4 Å². The van der Waals surface area contributed by atoms with Crippen molar-refractivity contribution in [3.8, 4) is 0 Å². The van der Waals surface area contributed by atoms with E-state index >= 15 is 0 Å². The monoisotopic (exact) mass is 379 g/mol. The topological polar surface area (TPSA) is 78.6 Å². The second-order valence-electron chi connectivity index (χ2n) is 6.19. The number of para-hydroxylation sites is 1. The first kappa shape index (κ1) is 19.4. The molecule has 0 amide bonds. The summed E-state index contributed by atoms with van der Waals surface area (Å²) in [6, 6.07) is 11.0. The lowest BCUT2D eigenvalue weighted by Crippen LogP contribution is -2.14. The number of ether oxygens (including phenoxy) is 2. The van der Waals surface area contributed by atoms with Crippen LogP contribution in [0.1, 0.15) is 40.1 Å². The normalized spacial score (nSPS) is 11.1. The van der Waals surface area contributed by atoms with Gasteiger partial charge in [0.1, 0.15) is 18.1 Å². The van der Waals surface area contributed by atoms with Crippen LogP contribution < -0.4 is 0 Å². The summed E-state index contributed by atoms with van der Waals surface area (Å²) in [7, 11) is 0. The Morgan fingerprint density at radius 2 is 1.89 bits per heavy atom. The molecule has 0 aliphatic heterocycles. The highest BCUT2D eigenvalue weighted by Crippen LogP contribution is 2.24. The van der Waals surface area contributed by atoms with Crippen LogP contribution >= 0.6 is 0 Å². The molecule has 0 fully saturated rings. The highest BCUT2D eigenvalue weighted by Gasteiger charge is 2.20. The zero-order valence-corrected chi connectivity index (χ0v) is 16.0. The molecule has 3 rings (SSSR count). The first-order valence-corrected chi connectivity index (χ1v) is 8.96. The summed E-state index contributed by atoms with van der Waals surface area (Å²) in [6.45, 7) is 5.50. The minimum Gasteiger partial charge on any atom is -0.462 e. The largest absolute Gasteiger partial charge is 0.462 e. The van der Waals surface area contributed by atoms with E-state index < -0.39 is 11.9 Å². The molecular formula is C22H21NO5. The summed E-state index contributed by atoms with van der Waals surface area (Å²) < 4.78 is 15.8. The van der Waals surface area contributed by atoms with E-state index in [4.69, 9.17) is 13.9 Å². The predicted molar refractivity (Wildman–Crippen MR) is 105 cm³/mol. The Balaban J connectivity index is 1.84. The van der Waals surface area contributed by atoms with Crippen LogP contribution in [-0.2, 0) is 20.9 Å². The van der Waals surface area contributed by atoms with Crippen LogP contribution in [0.15, 0.2) is 46.9 Å². The number of aromatic nitrogens is 1. The van der Waals surface area contributed by atoms with Gasteiger partial charge in [-0.2, -0.15) is 0 Å². The number of nitrogens with zero attached hydrogens (tertiary/aromatic N) is 1. The average Bonchev–Trinajstić information content (AvgIpc) is 3.10. The number of esters is 2. The summed E-state index contributed by atoms with van der Waals surface area (Å²) in [5.74, 6) is 0.270. The van der Waals surface area contributed by atoms with Crippen molar-refractivity contribution in [2.24, 2.45) is 0 Å². The lowest BCUT2D eigenvalue weighted by Gasteiger charge is -2.13. The molecule has 0 radical (unpaired) electrons. The number of rotatable bonds is 6. The summed E-state index contributed by atoms with van der Waals surface area (Å²) in [4.78, 5) is 29.0. The van der Waals surface area contributed by atoms with Gasteiger partial charge in [-0.15, -0.1) is 0 Å². The number of furan rings is 1. The van der Waals surface area contributed by atoms with Gasteiger partial charge in [-0.25, -0.2) is 14.6 Å². The van der Waals surface area contributed by atoms with Crippen molar-refractivity contribution in [3.63, 3.8) is 0 Å². The molecule has 0 aliphatic carbocycles. The number of hydrogen-bond acceptors (Lipinski definition) is 6. The molecule has 0 atom stereocenters. The maximum absolute atomic E-state index is 12.5. The Morgan fingerprint density at radius 3 is 2.61 bits per heavy atom. The maximum Gasteiger partial charge on any atom is 0.340 e. The van der Waals surface area contributed by atoms with E-state index in [0.29, 0.717) is 17.0 Å². The van der Waals surface area contributed by atoms with Crippen LogP contribution in [0.4, 0.5) is 0 Å². The molecule has 6 nitrogen and oxygen atoms in total. The third-order valence-electron chi connectivity index (χ3n) is 4.20. The SMILES string of the molecule is CCOC(=O)c1c(COC(=O)C=Cc2ccc(C)o2)nc2ccccc2c1C.